The highest BCUT2D eigenvalue weighted by Crippen LogP contribution is 2.21. The van der Waals surface area contributed by atoms with Crippen LogP contribution in [-0.2, 0) is 33.0 Å². The van der Waals surface area contributed by atoms with E-state index in [1.807, 2.05) is 6.92 Å². The molecule has 1 aromatic heterocycles. The zero-order valence-corrected chi connectivity index (χ0v) is 13.7. The first-order valence-corrected chi connectivity index (χ1v) is 10.2. The fourth-order valence-electron chi connectivity index (χ4n) is 2.44. The van der Waals surface area contributed by atoms with Crippen molar-refractivity contribution in [2.75, 3.05) is 24.6 Å². The van der Waals surface area contributed by atoms with Crippen LogP contribution in [0, 0.1) is 0 Å². The molecular weight excluding hydrogens is 314 g/mol. The summed E-state index contributed by atoms with van der Waals surface area (Å²) in [5.41, 5.74) is 6.36. The van der Waals surface area contributed by atoms with Crippen molar-refractivity contribution >= 4 is 19.9 Å². The third-order valence-corrected chi connectivity index (χ3v) is 7.24. The maximum Gasteiger partial charge on any atom is 0.244 e. The van der Waals surface area contributed by atoms with E-state index in [1.165, 1.54) is 4.31 Å². The van der Waals surface area contributed by atoms with E-state index in [0.717, 1.165) is 5.69 Å². The molecule has 0 saturated carbocycles. The number of sulfonamides is 1. The molecule has 0 spiro atoms. The summed E-state index contributed by atoms with van der Waals surface area (Å²) >= 11 is 0. The molecule has 0 amide bonds. The highest BCUT2D eigenvalue weighted by Gasteiger charge is 2.30. The molecule has 1 aromatic rings. The van der Waals surface area contributed by atoms with Gasteiger partial charge in [-0.05, 0) is 19.4 Å². The van der Waals surface area contributed by atoms with Gasteiger partial charge in [-0.1, -0.05) is 0 Å². The van der Waals surface area contributed by atoms with Crippen LogP contribution in [0.4, 0.5) is 0 Å². The average Bonchev–Trinajstić information content (AvgIpc) is 2.77. The normalized spacial score (nSPS) is 20.3. The van der Waals surface area contributed by atoms with Crippen LogP contribution in [0.2, 0.25) is 0 Å². The number of hydrogen-bond donors (Lipinski definition) is 1. The zero-order chi connectivity index (χ0) is 15.7. The van der Waals surface area contributed by atoms with E-state index >= 15 is 0 Å². The first-order valence-electron chi connectivity index (χ1n) is 6.90. The lowest BCUT2D eigenvalue weighted by Gasteiger charge is -2.18. The Morgan fingerprint density at radius 1 is 1.29 bits per heavy atom. The monoisotopic (exact) mass is 335 g/mol. The van der Waals surface area contributed by atoms with Crippen molar-refractivity contribution in [3.63, 3.8) is 0 Å². The number of nitrogens with zero attached hydrogens (tertiary/aromatic N) is 2. The van der Waals surface area contributed by atoms with Crippen molar-refractivity contribution in [1.82, 2.24) is 8.87 Å². The van der Waals surface area contributed by atoms with E-state index in [-0.39, 0.29) is 36.0 Å². The zero-order valence-electron chi connectivity index (χ0n) is 12.0. The minimum absolute atomic E-state index is 0.0138. The van der Waals surface area contributed by atoms with Gasteiger partial charge in [0.15, 0.2) is 9.84 Å². The maximum atomic E-state index is 12.6. The van der Waals surface area contributed by atoms with Crippen molar-refractivity contribution < 1.29 is 16.8 Å². The summed E-state index contributed by atoms with van der Waals surface area (Å²) in [6.45, 7) is 3.05. The van der Waals surface area contributed by atoms with Crippen molar-refractivity contribution in [1.29, 1.82) is 0 Å². The van der Waals surface area contributed by atoms with Crippen molar-refractivity contribution in [2.45, 2.75) is 31.3 Å². The summed E-state index contributed by atoms with van der Waals surface area (Å²) < 4.78 is 51.5. The Hall–Kier alpha value is -0.900. The minimum Gasteiger partial charge on any atom is -0.349 e. The molecule has 1 fully saturated rings. The molecule has 2 N–H and O–H groups in total. The SMILES string of the molecule is CCn1cc(S(=O)(=O)N2CCCS(=O)(=O)CC2)cc1CN. The largest absolute Gasteiger partial charge is 0.349 e. The summed E-state index contributed by atoms with van der Waals surface area (Å²) in [6.07, 6.45) is 1.90. The standard InChI is InChI=1S/C12H21N3O4S2/c1-2-14-10-12(8-11(14)9-13)21(18,19)15-4-3-6-20(16,17)7-5-15/h8,10H,2-7,9,13H2,1H3. The van der Waals surface area contributed by atoms with Gasteiger partial charge in [-0.3, -0.25) is 0 Å². The molecule has 0 aliphatic carbocycles. The summed E-state index contributed by atoms with van der Waals surface area (Å²) in [7, 11) is -6.80. The Kier molecular flexibility index (Phi) is 4.76. The van der Waals surface area contributed by atoms with E-state index in [4.69, 9.17) is 5.73 Å². The third-order valence-electron chi connectivity index (χ3n) is 3.66. The fourth-order valence-corrected chi connectivity index (χ4v) is 5.37. The van der Waals surface area contributed by atoms with E-state index in [1.54, 1.807) is 16.8 Å². The van der Waals surface area contributed by atoms with Crippen LogP contribution in [0.5, 0.6) is 0 Å². The van der Waals surface area contributed by atoms with Crippen molar-refractivity contribution in [2.24, 2.45) is 5.73 Å². The van der Waals surface area contributed by atoms with Gasteiger partial charge in [0.25, 0.3) is 0 Å². The van der Waals surface area contributed by atoms with Crippen LogP contribution in [0.3, 0.4) is 0 Å². The number of rotatable bonds is 4. The Labute approximate surface area is 125 Å². The lowest BCUT2D eigenvalue weighted by molar-refractivity contribution is 0.434. The first kappa shape index (κ1) is 16.5. The van der Waals surface area contributed by atoms with Crippen LogP contribution in [0.1, 0.15) is 19.0 Å². The predicted molar refractivity (Wildman–Crippen MR) is 80.0 cm³/mol. The second kappa shape index (κ2) is 6.07. The molecule has 0 unspecified atom stereocenters. The number of aromatic nitrogens is 1. The van der Waals surface area contributed by atoms with Crippen LogP contribution < -0.4 is 5.73 Å². The predicted octanol–water partition coefficient (Wildman–Crippen LogP) is -0.224. The van der Waals surface area contributed by atoms with Crippen LogP contribution in [0.25, 0.3) is 0 Å². The molecule has 1 aliphatic heterocycles. The molecule has 1 saturated heterocycles. The van der Waals surface area contributed by atoms with Crippen molar-refractivity contribution in [3.8, 4) is 0 Å². The Balaban J connectivity index is 2.31. The molecule has 2 rings (SSSR count). The van der Waals surface area contributed by atoms with Crippen LogP contribution in [0.15, 0.2) is 17.2 Å². The van der Waals surface area contributed by atoms with Gasteiger partial charge in [0.1, 0.15) is 4.90 Å². The van der Waals surface area contributed by atoms with Gasteiger partial charge in [0, 0.05) is 38.1 Å². The molecular formula is C12H21N3O4S2. The summed E-state index contributed by atoms with van der Waals surface area (Å²) in [6, 6.07) is 1.57. The van der Waals surface area contributed by atoms with E-state index in [9.17, 15) is 16.8 Å². The van der Waals surface area contributed by atoms with E-state index < -0.39 is 19.9 Å². The molecule has 1 aliphatic rings. The minimum atomic E-state index is -3.66. The van der Waals surface area contributed by atoms with Crippen molar-refractivity contribution in [3.05, 3.63) is 18.0 Å². The van der Waals surface area contributed by atoms with Crippen LogP contribution in [-0.4, -0.2) is 50.3 Å². The lowest BCUT2D eigenvalue weighted by Crippen LogP contribution is -2.33. The number of aryl methyl sites for hydroxylation is 1. The Bertz CT molecular complexity index is 685. The molecule has 0 bridgehead atoms. The molecule has 2 heterocycles. The average molecular weight is 335 g/mol. The molecule has 120 valence electrons. The second-order valence-electron chi connectivity index (χ2n) is 5.07. The number of hydrogen-bond acceptors (Lipinski definition) is 5. The van der Waals surface area contributed by atoms with Gasteiger partial charge in [-0.2, -0.15) is 4.31 Å². The van der Waals surface area contributed by atoms with Gasteiger partial charge in [0.2, 0.25) is 10.0 Å². The smallest absolute Gasteiger partial charge is 0.244 e. The molecule has 0 radical (unpaired) electrons. The second-order valence-corrected chi connectivity index (χ2v) is 9.31. The third kappa shape index (κ3) is 3.47. The lowest BCUT2D eigenvalue weighted by atomic mass is 10.4. The fraction of sp³-hybridized carbons (Fsp3) is 0.667. The number of nitrogens with two attached hydrogens (primary N) is 1. The van der Waals surface area contributed by atoms with Gasteiger partial charge in [-0.25, -0.2) is 16.8 Å². The highest BCUT2D eigenvalue weighted by molar-refractivity contribution is 7.91. The maximum absolute atomic E-state index is 12.6. The Morgan fingerprint density at radius 3 is 2.57 bits per heavy atom. The van der Waals surface area contributed by atoms with E-state index in [2.05, 4.69) is 0 Å². The summed E-state index contributed by atoms with van der Waals surface area (Å²) in [4.78, 5) is 0.184. The van der Waals surface area contributed by atoms with Gasteiger partial charge < -0.3 is 10.3 Å². The van der Waals surface area contributed by atoms with Gasteiger partial charge in [0.05, 0.1) is 11.5 Å². The highest BCUT2D eigenvalue weighted by atomic mass is 32.2. The molecule has 21 heavy (non-hydrogen) atoms. The first-order chi connectivity index (χ1) is 9.80. The van der Waals surface area contributed by atoms with Gasteiger partial charge >= 0.3 is 0 Å². The Morgan fingerprint density at radius 2 is 2.00 bits per heavy atom. The summed E-state index contributed by atoms with van der Waals surface area (Å²) in [5, 5.41) is 0. The number of sulfone groups is 1. The summed E-state index contributed by atoms with van der Waals surface area (Å²) in [5.74, 6) is -0.0759. The molecule has 9 heteroatoms. The molecule has 7 nitrogen and oxygen atoms in total. The molecule has 0 aromatic carbocycles. The van der Waals surface area contributed by atoms with Crippen LogP contribution >= 0.6 is 0 Å². The van der Waals surface area contributed by atoms with Gasteiger partial charge in [-0.15, -0.1) is 0 Å². The topological polar surface area (TPSA) is 102 Å². The molecule has 0 atom stereocenters. The quantitative estimate of drug-likeness (QED) is 0.819. The van der Waals surface area contributed by atoms with E-state index in [0.29, 0.717) is 13.0 Å².